The van der Waals surface area contributed by atoms with Gasteiger partial charge in [0.25, 0.3) is 0 Å². The molecular formula is C28H32Cl2F3N. The van der Waals surface area contributed by atoms with Crippen LogP contribution in [-0.2, 0) is 0 Å². The lowest BCUT2D eigenvalue weighted by molar-refractivity contribution is -0.139. The van der Waals surface area contributed by atoms with Crippen molar-refractivity contribution in [3.63, 3.8) is 0 Å². The first-order chi connectivity index (χ1) is 15.9. The summed E-state index contributed by atoms with van der Waals surface area (Å²) in [6.45, 7) is 10.6. The molecule has 2 aromatic rings. The third-order valence-electron chi connectivity index (χ3n) is 5.68. The summed E-state index contributed by atoms with van der Waals surface area (Å²) in [6, 6.07) is 11.6. The van der Waals surface area contributed by atoms with Crippen LogP contribution < -0.4 is 4.90 Å². The average Bonchev–Trinajstić information content (AvgIpc) is 2.74. The van der Waals surface area contributed by atoms with Gasteiger partial charge >= 0.3 is 6.18 Å². The Bertz CT molecular complexity index is 1020. The average molecular weight is 510 g/mol. The van der Waals surface area contributed by atoms with Crippen molar-refractivity contribution in [2.45, 2.75) is 52.1 Å². The van der Waals surface area contributed by atoms with E-state index in [-0.39, 0.29) is 15.6 Å². The summed E-state index contributed by atoms with van der Waals surface area (Å²) < 4.78 is 41.5. The highest BCUT2D eigenvalue weighted by Crippen LogP contribution is 2.39. The predicted octanol–water partition coefficient (Wildman–Crippen LogP) is 9.87. The molecular weight excluding hydrogens is 478 g/mol. The lowest BCUT2D eigenvalue weighted by atomic mass is 9.94. The minimum atomic E-state index is -4.47. The molecule has 1 unspecified atom stereocenters. The molecule has 6 heteroatoms. The van der Waals surface area contributed by atoms with Gasteiger partial charge in [0.05, 0.1) is 5.92 Å². The van der Waals surface area contributed by atoms with E-state index in [0.29, 0.717) is 5.57 Å². The van der Waals surface area contributed by atoms with Crippen LogP contribution in [0.5, 0.6) is 0 Å². The molecule has 0 saturated heterocycles. The smallest absolute Gasteiger partial charge is 0.374 e. The molecule has 184 valence electrons. The number of anilines is 1. The maximum atomic E-state index is 13.8. The molecule has 0 heterocycles. The van der Waals surface area contributed by atoms with Gasteiger partial charge in [-0.3, -0.25) is 0 Å². The first-order valence-corrected chi connectivity index (χ1v) is 11.9. The Morgan fingerprint density at radius 3 is 2.12 bits per heavy atom. The molecule has 0 aromatic heterocycles. The summed E-state index contributed by atoms with van der Waals surface area (Å²) in [4.78, 5) is 2.14. The maximum absolute atomic E-state index is 13.8. The van der Waals surface area contributed by atoms with Gasteiger partial charge in [0, 0.05) is 29.3 Å². The van der Waals surface area contributed by atoms with E-state index in [1.54, 1.807) is 6.92 Å². The van der Waals surface area contributed by atoms with Crippen LogP contribution in [0.2, 0.25) is 10.0 Å². The highest BCUT2D eigenvalue weighted by Gasteiger charge is 2.39. The Hall–Kier alpha value is -2.17. The van der Waals surface area contributed by atoms with E-state index in [2.05, 4.69) is 24.5 Å². The molecule has 34 heavy (non-hydrogen) atoms. The zero-order valence-corrected chi connectivity index (χ0v) is 21.7. The van der Waals surface area contributed by atoms with Gasteiger partial charge in [-0.15, -0.1) is 6.58 Å². The van der Waals surface area contributed by atoms with Crippen molar-refractivity contribution in [3.8, 4) is 0 Å². The van der Waals surface area contributed by atoms with E-state index in [0.717, 1.165) is 37.1 Å². The Kier molecular flexibility index (Phi) is 10.3. The number of alkyl halides is 3. The third kappa shape index (κ3) is 8.88. The summed E-state index contributed by atoms with van der Waals surface area (Å²) >= 11 is 11.9. The molecule has 0 radical (unpaired) electrons. The number of benzene rings is 2. The zero-order valence-electron chi connectivity index (χ0n) is 20.1. The first-order valence-electron chi connectivity index (χ1n) is 11.2. The number of nitrogens with zero attached hydrogens (tertiary/aromatic N) is 1. The second-order valence-electron chi connectivity index (χ2n) is 8.84. The van der Waals surface area contributed by atoms with Crippen LogP contribution in [0, 0.1) is 0 Å². The van der Waals surface area contributed by atoms with E-state index in [1.165, 1.54) is 35.4 Å². The molecule has 1 atom stereocenters. The fourth-order valence-electron chi connectivity index (χ4n) is 3.60. The Morgan fingerprint density at radius 2 is 1.59 bits per heavy atom. The van der Waals surface area contributed by atoms with Crippen molar-refractivity contribution in [3.05, 3.63) is 93.5 Å². The van der Waals surface area contributed by atoms with Gasteiger partial charge in [-0.2, -0.15) is 13.2 Å². The Labute approximate surface area is 211 Å². The van der Waals surface area contributed by atoms with Crippen LogP contribution in [0.15, 0.2) is 72.3 Å². The van der Waals surface area contributed by atoms with E-state index < -0.39 is 12.1 Å². The van der Waals surface area contributed by atoms with E-state index >= 15 is 0 Å². The van der Waals surface area contributed by atoms with Gasteiger partial charge in [0.1, 0.15) is 0 Å². The molecule has 1 nitrogen and oxygen atoms in total. The van der Waals surface area contributed by atoms with Crippen LogP contribution >= 0.6 is 23.2 Å². The first kappa shape index (κ1) is 28.1. The SMILES string of the molecule is C=C(C)CCC=C(C)CCN(C)c1ccc(C(C)=CC(c2cc(Cl)cc(Cl)c2)C(F)(F)F)cc1. The highest BCUT2D eigenvalue weighted by atomic mass is 35.5. The second-order valence-corrected chi connectivity index (χ2v) is 9.71. The van der Waals surface area contributed by atoms with Crippen molar-refractivity contribution in [2.75, 3.05) is 18.5 Å². The zero-order chi connectivity index (χ0) is 25.5. The molecule has 2 aromatic carbocycles. The standard InChI is InChI=1S/C28H32Cl2F3N/c1-19(2)7-6-8-20(3)13-14-34(5)26-11-9-22(10-12-26)21(4)15-27(28(31,32)33)23-16-24(29)18-25(30)17-23/h8-12,15-18,27H,1,6-7,13-14H2,2-5H3. The van der Waals surface area contributed by atoms with Crippen LogP contribution in [0.3, 0.4) is 0 Å². The van der Waals surface area contributed by atoms with Crippen molar-refractivity contribution in [1.29, 1.82) is 0 Å². The number of hydrogen-bond donors (Lipinski definition) is 0. The van der Waals surface area contributed by atoms with Crippen LogP contribution in [0.4, 0.5) is 18.9 Å². The molecule has 0 aliphatic carbocycles. The van der Waals surface area contributed by atoms with Gasteiger partial charge in [-0.05, 0) is 87.1 Å². The van der Waals surface area contributed by atoms with E-state index in [9.17, 15) is 13.2 Å². The van der Waals surface area contributed by atoms with Gasteiger partial charge in [-0.1, -0.05) is 58.6 Å². The fourth-order valence-corrected chi connectivity index (χ4v) is 4.14. The molecule has 0 N–H and O–H groups in total. The van der Waals surface area contributed by atoms with Gasteiger partial charge in [-0.25, -0.2) is 0 Å². The summed E-state index contributed by atoms with van der Waals surface area (Å²) in [7, 11) is 2.02. The monoisotopic (exact) mass is 509 g/mol. The fraction of sp³-hybridized carbons (Fsp3) is 0.357. The lowest BCUT2D eigenvalue weighted by Crippen LogP contribution is -2.19. The van der Waals surface area contributed by atoms with Crippen molar-refractivity contribution in [1.82, 2.24) is 0 Å². The molecule has 0 spiro atoms. The van der Waals surface area contributed by atoms with Crippen molar-refractivity contribution in [2.24, 2.45) is 0 Å². The Balaban J connectivity index is 2.13. The minimum Gasteiger partial charge on any atom is -0.374 e. The normalized spacial score (nSPS) is 13.7. The largest absolute Gasteiger partial charge is 0.399 e. The van der Waals surface area contributed by atoms with Crippen LogP contribution in [0.1, 0.15) is 57.1 Å². The molecule has 0 saturated carbocycles. The van der Waals surface area contributed by atoms with Crippen LogP contribution in [-0.4, -0.2) is 19.8 Å². The molecule has 0 aliphatic heterocycles. The van der Waals surface area contributed by atoms with E-state index in [4.69, 9.17) is 23.2 Å². The van der Waals surface area contributed by atoms with Crippen molar-refractivity contribution < 1.29 is 13.2 Å². The van der Waals surface area contributed by atoms with E-state index in [1.807, 2.05) is 38.2 Å². The van der Waals surface area contributed by atoms with Gasteiger partial charge in [0.2, 0.25) is 0 Å². The number of halogens is 5. The topological polar surface area (TPSA) is 3.24 Å². The second kappa shape index (κ2) is 12.5. The maximum Gasteiger partial charge on any atom is 0.399 e. The number of hydrogen-bond acceptors (Lipinski definition) is 1. The van der Waals surface area contributed by atoms with Crippen LogP contribution in [0.25, 0.3) is 5.57 Å². The number of allylic oxidation sites excluding steroid dienone is 4. The summed E-state index contributed by atoms with van der Waals surface area (Å²) in [5.74, 6) is -1.80. The quantitative estimate of drug-likeness (QED) is 0.288. The lowest BCUT2D eigenvalue weighted by Gasteiger charge is -2.21. The third-order valence-corrected chi connectivity index (χ3v) is 6.12. The Morgan fingerprint density at radius 1 is 1.00 bits per heavy atom. The van der Waals surface area contributed by atoms with Gasteiger partial charge in [0.15, 0.2) is 0 Å². The molecule has 0 amide bonds. The van der Waals surface area contributed by atoms with Crippen molar-refractivity contribution >= 4 is 34.5 Å². The summed E-state index contributed by atoms with van der Waals surface area (Å²) in [5.41, 5.74) is 4.82. The number of rotatable bonds is 10. The highest BCUT2D eigenvalue weighted by molar-refractivity contribution is 6.34. The minimum absolute atomic E-state index is 0.0207. The van der Waals surface area contributed by atoms with Gasteiger partial charge < -0.3 is 4.90 Å². The molecule has 2 rings (SSSR count). The summed E-state index contributed by atoms with van der Waals surface area (Å²) in [6.07, 6.45) is 1.96. The molecule has 0 aliphatic rings. The summed E-state index contributed by atoms with van der Waals surface area (Å²) in [5, 5.41) is 0.354. The molecule has 0 fully saturated rings. The predicted molar refractivity (Wildman–Crippen MR) is 141 cm³/mol. The molecule has 0 bridgehead atoms.